The molecule has 0 saturated heterocycles. The van der Waals surface area contributed by atoms with Crippen LogP contribution < -0.4 is 15.9 Å². The molecule has 0 aliphatic rings. The molecular weight excluding hydrogens is 318 g/mol. The number of aromatic nitrogens is 2. The van der Waals surface area contributed by atoms with Gasteiger partial charge in [0.15, 0.2) is 0 Å². The molecule has 2 rings (SSSR count). The molecule has 0 atom stereocenters. The van der Waals surface area contributed by atoms with E-state index in [1.807, 2.05) is 24.3 Å². The van der Waals surface area contributed by atoms with Gasteiger partial charge in [0.05, 0.1) is 6.21 Å². The molecule has 0 fully saturated rings. The molecule has 3 N–H and O–H groups in total. The van der Waals surface area contributed by atoms with Crippen molar-refractivity contribution in [1.29, 1.82) is 0 Å². The van der Waals surface area contributed by atoms with Crippen LogP contribution in [0.4, 0.5) is 5.69 Å². The average Bonchev–Trinajstić information content (AvgIpc) is 2.93. The van der Waals surface area contributed by atoms with Crippen molar-refractivity contribution in [3.63, 3.8) is 0 Å². The molecule has 1 aromatic carbocycles. The first-order valence-electron chi connectivity index (χ1n) is 8.48. The summed E-state index contributed by atoms with van der Waals surface area (Å²) < 4.78 is 0. The minimum atomic E-state index is -0.226. The highest BCUT2D eigenvalue weighted by atomic mass is 16.2. The zero-order valence-corrected chi connectivity index (χ0v) is 14.9. The van der Waals surface area contributed by atoms with E-state index in [1.54, 1.807) is 13.1 Å². The molecule has 7 heteroatoms. The first-order valence-corrected chi connectivity index (χ1v) is 8.48. The van der Waals surface area contributed by atoms with E-state index in [0.29, 0.717) is 12.0 Å². The second-order valence-electron chi connectivity index (χ2n) is 5.74. The van der Waals surface area contributed by atoms with Crippen molar-refractivity contribution < 1.29 is 4.79 Å². The number of aryl methyl sites for hydroxylation is 1. The Labute approximate surface area is 147 Å². The third-order valence-electron chi connectivity index (χ3n) is 4.12. The predicted molar refractivity (Wildman–Crippen MR) is 100 cm³/mol. The van der Waals surface area contributed by atoms with E-state index in [0.717, 1.165) is 24.3 Å². The summed E-state index contributed by atoms with van der Waals surface area (Å²) >= 11 is 0. The third-order valence-corrected chi connectivity index (χ3v) is 4.12. The fourth-order valence-corrected chi connectivity index (χ4v) is 2.61. The molecule has 2 aromatic rings. The Bertz CT molecular complexity index is 770. The summed E-state index contributed by atoms with van der Waals surface area (Å²) in [5.41, 5.74) is 5.75. The van der Waals surface area contributed by atoms with Crippen LogP contribution in [0.5, 0.6) is 0 Å². The van der Waals surface area contributed by atoms with Gasteiger partial charge in [-0.2, -0.15) is 5.10 Å². The summed E-state index contributed by atoms with van der Waals surface area (Å²) in [6.07, 6.45) is 2.20. The highest BCUT2D eigenvalue weighted by Crippen LogP contribution is 2.13. The summed E-state index contributed by atoms with van der Waals surface area (Å²) in [7, 11) is 0. The van der Waals surface area contributed by atoms with Crippen molar-refractivity contribution >= 4 is 17.8 Å². The number of nitrogens with zero attached hydrogens (tertiary/aromatic N) is 2. The lowest BCUT2D eigenvalue weighted by Crippen LogP contribution is -2.21. The number of hydrazone groups is 1. The SMILES string of the molecule is CCN(CC)c1ccc(/C=N/NC(=O)CCc2c(C)[nH][nH]c2=O)cc1. The van der Waals surface area contributed by atoms with Gasteiger partial charge in [-0.05, 0) is 44.9 Å². The Balaban J connectivity index is 1.84. The maximum atomic E-state index is 11.8. The Hall–Kier alpha value is -2.83. The molecule has 134 valence electrons. The number of carbonyl (C=O) groups excluding carboxylic acids is 1. The first kappa shape index (κ1) is 18.5. The molecule has 0 saturated carbocycles. The van der Waals surface area contributed by atoms with Crippen LogP contribution in [0.1, 0.15) is 37.1 Å². The summed E-state index contributed by atoms with van der Waals surface area (Å²) in [6, 6.07) is 8.01. The predicted octanol–water partition coefficient (Wildman–Crippen LogP) is 1.94. The zero-order chi connectivity index (χ0) is 18.2. The number of amides is 1. The Morgan fingerprint density at radius 3 is 2.44 bits per heavy atom. The number of hydrogen-bond acceptors (Lipinski definition) is 4. The van der Waals surface area contributed by atoms with Gasteiger partial charge >= 0.3 is 0 Å². The number of benzene rings is 1. The van der Waals surface area contributed by atoms with E-state index in [4.69, 9.17) is 0 Å². The number of anilines is 1. The van der Waals surface area contributed by atoms with E-state index in [2.05, 4.69) is 39.5 Å². The van der Waals surface area contributed by atoms with Crippen LogP contribution in [0, 0.1) is 6.92 Å². The minimum Gasteiger partial charge on any atom is -0.372 e. The van der Waals surface area contributed by atoms with Crippen molar-refractivity contribution in [3.8, 4) is 0 Å². The Morgan fingerprint density at radius 1 is 1.20 bits per heavy atom. The normalized spacial score (nSPS) is 11.0. The van der Waals surface area contributed by atoms with Crippen LogP contribution >= 0.6 is 0 Å². The largest absolute Gasteiger partial charge is 0.372 e. The molecular formula is C18H25N5O2. The van der Waals surface area contributed by atoms with E-state index < -0.39 is 0 Å². The van der Waals surface area contributed by atoms with Gasteiger partial charge < -0.3 is 10.00 Å². The van der Waals surface area contributed by atoms with Gasteiger partial charge in [0.25, 0.3) is 5.56 Å². The van der Waals surface area contributed by atoms with E-state index in [9.17, 15) is 9.59 Å². The van der Waals surface area contributed by atoms with Crippen LogP contribution in [0.25, 0.3) is 0 Å². The number of rotatable bonds is 8. The smallest absolute Gasteiger partial charge is 0.267 e. The first-order chi connectivity index (χ1) is 12.0. The fraction of sp³-hybridized carbons (Fsp3) is 0.389. The van der Waals surface area contributed by atoms with Gasteiger partial charge in [0.2, 0.25) is 5.91 Å². The minimum absolute atomic E-state index is 0.179. The molecule has 25 heavy (non-hydrogen) atoms. The van der Waals surface area contributed by atoms with Crippen LogP contribution in [0.3, 0.4) is 0 Å². The molecule has 0 bridgehead atoms. The van der Waals surface area contributed by atoms with Crippen LogP contribution in [0.15, 0.2) is 34.2 Å². The molecule has 1 heterocycles. The topological polar surface area (TPSA) is 93.3 Å². The average molecular weight is 343 g/mol. The maximum Gasteiger partial charge on any atom is 0.267 e. The lowest BCUT2D eigenvalue weighted by Gasteiger charge is -2.20. The van der Waals surface area contributed by atoms with Crippen molar-refractivity contribution in [3.05, 3.63) is 51.4 Å². The van der Waals surface area contributed by atoms with Crippen molar-refractivity contribution in [2.24, 2.45) is 5.10 Å². The quantitative estimate of drug-likeness (QED) is 0.505. The number of hydrogen-bond donors (Lipinski definition) is 3. The Morgan fingerprint density at radius 2 is 1.88 bits per heavy atom. The summed E-state index contributed by atoms with van der Waals surface area (Å²) in [5, 5.41) is 9.21. The highest BCUT2D eigenvalue weighted by Gasteiger charge is 2.08. The van der Waals surface area contributed by atoms with Gasteiger partial charge in [-0.25, -0.2) is 5.43 Å². The summed E-state index contributed by atoms with van der Waals surface area (Å²) in [5.74, 6) is -0.226. The van der Waals surface area contributed by atoms with Gasteiger partial charge in [-0.1, -0.05) is 12.1 Å². The number of carbonyl (C=O) groups is 1. The second-order valence-corrected chi connectivity index (χ2v) is 5.74. The van der Waals surface area contributed by atoms with E-state index >= 15 is 0 Å². The molecule has 0 aliphatic carbocycles. The van der Waals surface area contributed by atoms with Gasteiger partial charge in [0.1, 0.15) is 0 Å². The lowest BCUT2D eigenvalue weighted by atomic mass is 10.1. The Kier molecular flexibility index (Phi) is 6.56. The molecule has 0 aliphatic heterocycles. The van der Waals surface area contributed by atoms with Crippen LogP contribution in [-0.2, 0) is 11.2 Å². The monoisotopic (exact) mass is 343 g/mol. The maximum absolute atomic E-state index is 11.8. The molecule has 7 nitrogen and oxygen atoms in total. The van der Waals surface area contributed by atoms with E-state index in [1.165, 1.54) is 5.69 Å². The standard InChI is InChI=1S/C18H25N5O2/c1-4-23(5-2)15-8-6-14(7-9-15)12-19-21-17(24)11-10-16-13(3)20-22-18(16)25/h6-9,12H,4-5,10-11H2,1-3H3,(H,21,24)(H2,20,22,25)/b19-12+. The van der Waals surface area contributed by atoms with Gasteiger partial charge in [-0.15, -0.1) is 0 Å². The molecule has 0 radical (unpaired) electrons. The van der Waals surface area contributed by atoms with E-state index in [-0.39, 0.29) is 17.9 Å². The van der Waals surface area contributed by atoms with Gasteiger partial charge in [0, 0.05) is 36.5 Å². The zero-order valence-electron chi connectivity index (χ0n) is 14.9. The fourth-order valence-electron chi connectivity index (χ4n) is 2.61. The number of nitrogens with one attached hydrogen (secondary N) is 3. The summed E-state index contributed by atoms with van der Waals surface area (Å²) in [6.45, 7) is 7.96. The molecule has 0 unspecified atom stereocenters. The van der Waals surface area contributed by atoms with Crippen molar-refractivity contribution in [2.75, 3.05) is 18.0 Å². The second kappa shape index (κ2) is 8.86. The van der Waals surface area contributed by atoms with Crippen molar-refractivity contribution in [2.45, 2.75) is 33.6 Å². The van der Waals surface area contributed by atoms with Crippen LogP contribution in [-0.4, -0.2) is 35.4 Å². The number of H-pyrrole nitrogens is 2. The highest BCUT2D eigenvalue weighted by molar-refractivity contribution is 5.83. The molecule has 1 aromatic heterocycles. The summed E-state index contributed by atoms with van der Waals surface area (Å²) in [4.78, 5) is 25.6. The molecule has 1 amide bonds. The third kappa shape index (κ3) is 5.07. The molecule has 0 spiro atoms. The van der Waals surface area contributed by atoms with Crippen LogP contribution in [0.2, 0.25) is 0 Å². The lowest BCUT2D eigenvalue weighted by molar-refractivity contribution is -0.121. The van der Waals surface area contributed by atoms with Crippen molar-refractivity contribution in [1.82, 2.24) is 15.6 Å². The van der Waals surface area contributed by atoms with Gasteiger partial charge in [-0.3, -0.25) is 14.7 Å². The number of aromatic amines is 2.